The number of carboxylic acid groups (broad SMARTS) is 1. The van der Waals surface area contributed by atoms with Gasteiger partial charge in [0.1, 0.15) is 0 Å². The number of carboxylic acids is 1. The van der Waals surface area contributed by atoms with E-state index in [-0.39, 0.29) is 11.3 Å². The molecular weight excluding hydrogens is 238 g/mol. The van der Waals surface area contributed by atoms with Crippen molar-refractivity contribution in [3.8, 4) is 0 Å². The number of benzene rings is 1. The molecule has 3 heteroatoms. The minimum absolute atomic E-state index is 0.00396. The summed E-state index contributed by atoms with van der Waals surface area (Å²) in [6.45, 7) is 11.6. The van der Waals surface area contributed by atoms with Gasteiger partial charge in [0.15, 0.2) is 0 Å². The smallest absolute Gasteiger partial charge is 0.307 e. The molecule has 19 heavy (non-hydrogen) atoms. The minimum Gasteiger partial charge on any atom is -0.481 e. The van der Waals surface area contributed by atoms with Crippen molar-refractivity contribution in [2.45, 2.75) is 40.0 Å². The molecule has 0 aliphatic rings. The van der Waals surface area contributed by atoms with Gasteiger partial charge in [0, 0.05) is 18.5 Å². The van der Waals surface area contributed by atoms with E-state index in [1.165, 1.54) is 16.7 Å². The van der Waals surface area contributed by atoms with Crippen LogP contribution in [0.2, 0.25) is 0 Å². The third-order valence-corrected chi connectivity index (χ3v) is 3.55. The van der Waals surface area contributed by atoms with E-state index in [4.69, 9.17) is 5.11 Å². The summed E-state index contributed by atoms with van der Waals surface area (Å²) in [5, 5.41) is 12.1. The van der Waals surface area contributed by atoms with Crippen LogP contribution in [0.5, 0.6) is 0 Å². The Morgan fingerprint density at radius 1 is 1.37 bits per heavy atom. The zero-order valence-electron chi connectivity index (χ0n) is 12.6. The molecule has 0 saturated heterocycles. The number of nitrogens with one attached hydrogen (secondary N) is 1. The topological polar surface area (TPSA) is 49.3 Å². The van der Waals surface area contributed by atoms with Crippen LogP contribution in [-0.4, -0.2) is 24.2 Å². The highest BCUT2D eigenvalue weighted by atomic mass is 16.4. The Kier molecular flexibility index (Phi) is 5.12. The number of carbonyl (C=O) groups is 1. The second kappa shape index (κ2) is 6.20. The Hall–Kier alpha value is -1.35. The molecule has 0 radical (unpaired) electrons. The lowest BCUT2D eigenvalue weighted by molar-refractivity contribution is -0.140. The van der Waals surface area contributed by atoms with Gasteiger partial charge in [0.2, 0.25) is 0 Å². The lowest BCUT2D eigenvalue weighted by atomic mass is 9.81. The van der Waals surface area contributed by atoms with Gasteiger partial charge in [-0.1, -0.05) is 44.5 Å². The summed E-state index contributed by atoms with van der Waals surface area (Å²) in [6, 6.07) is 6.49. The number of aryl methyl sites for hydroxylation is 2. The van der Waals surface area contributed by atoms with Gasteiger partial charge in [-0.05, 0) is 25.0 Å². The van der Waals surface area contributed by atoms with Crippen LogP contribution in [0.15, 0.2) is 18.2 Å². The summed E-state index contributed by atoms with van der Waals surface area (Å²) in [6.07, 6.45) is 0. The fourth-order valence-electron chi connectivity index (χ4n) is 2.36. The Labute approximate surface area is 116 Å². The number of aliphatic carboxylic acids is 1. The van der Waals surface area contributed by atoms with E-state index in [0.29, 0.717) is 6.54 Å². The molecule has 0 heterocycles. The molecule has 0 fully saturated rings. The van der Waals surface area contributed by atoms with E-state index >= 15 is 0 Å². The third-order valence-electron chi connectivity index (χ3n) is 3.55. The molecule has 3 nitrogen and oxygen atoms in total. The van der Waals surface area contributed by atoms with E-state index in [2.05, 4.69) is 51.2 Å². The van der Waals surface area contributed by atoms with E-state index < -0.39 is 5.97 Å². The van der Waals surface area contributed by atoms with Gasteiger partial charge in [-0.15, -0.1) is 0 Å². The Bertz CT molecular complexity index is 452. The standard InChI is InChI=1S/C16H25NO2/c1-11-6-7-14(12(2)8-11)16(4,5)10-17-9-13(3)15(18)19/h6-8,13,17H,9-10H2,1-5H3,(H,18,19). The van der Waals surface area contributed by atoms with E-state index in [9.17, 15) is 4.79 Å². The zero-order chi connectivity index (χ0) is 14.6. The first-order chi connectivity index (χ1) is 8.74. The first kappa shape index (κ1) is 15.7. The molecule has 1 rings (SSSR count). The predicted octanol–water partition coefficient (Wildman–Crippen LogP) is 2.89. The van der Waals surface area contributed by atoms with Gasteiger partial charge in [-0.3, -0.25) is 4.79 Å². The van der Waals surface area contributed by atoms with Crippen LogP contribution in [-0.2, 0) is 10.2 Å². The lowest BCUT2D eigenvalue weighted by Gasteiger charge is -2.28. The van der Waals surface area contributed by atoms with Crippen molar-refractivity contribution in [2.75, 3.05) is 13.1 Å². The SMILES string of the molecule is Cc1ccc(C(C)(C)CNCC(C)C(=O)O)c(C)c1. The van der Waals surface area contributed by atoms with E-state index in [1.54, 1.807) is 6.92 Å². The van der Waals surface area contributed by atoms with Crippen LogP contribution in [0.3, 0.4) is 0 Å². The minimum atomic E-state index is -0.753. The molecule has 0 saturated carbocycles. The molecule has 1 aromatic carbocycles. The third kappa shape index (κ3) is 4.35. The maximum absolute atomic E-state index is 10.8. The largest absolute Gasteiger partial charge is 0.481 e. The van der Waals surface area contributed by atoms with Crippen LogP contribution >= 0.6 is 0 Å². The molecule has 0 bridgehead atoms. The molecule has 0 spiro atoms. The average Bonchev–Trinajstić information content (AvgIpc) is 2.27. The second-order valence-corrected chi connectivity index (χ2v) is 6.07. The number of hydrogen-bond donors (Lipinski definition) is 2. The maximum atomic E-state index is 10.8. The van der Waals surface area contributed by atoms with Crippen LogP contribution < -0.4 is 5.32 Å². The molecule has 106 valence electrons. The number of rotatable bonds is 6. The highest BCUT2D eigenvalue weighted by Gasteiger charge is 2.22. The number of hydrogen-bond acceptors (Lipinski definition) is 2. The molecule has 1 unspecified atom stereocenters. The second-order valence-electron chi connectivity index (χ2n) is 6.07. The summed E-state index contributed by atoms with van der Waals surface area (Å²) in [5.74, 6) is -1.10. The molecular formula is C16H25NO2. The summed E-state index contributed by atoms with van der Waals surface area (Å²) >= 11 is 0. The van der Waals surface area contributed by atoms with Gasteiger partial charge in [0.05, 0.1) is 5.92 Å². The van der Waals surface area contributed by atoms with Gasteiger partial charge in [-0.25, -0.2) is 0 Å². The van der Waals surface area contributed by atoms with Gasteiger partial charge in [0.25, 0.3) is 0 Å². The average molecular weight is 263 g/mol. The highest BCUT2D eigenvalue weighted by molar-refractivity contribution is 5.69. The van der Waals surface area contributed by atoms with E-state index in [1.807, 2.05) is 0 Å². The quantitative estimate of drug-likeness (QED) is 0.829. The van der Waals surface area contributed by atoms with Gasteiger partial charge in [-0.2, -0.15) is 0 Å². The van der Waals surface area contributed by atoms with Crippen molar-refractivity contribution in [1.29, 1.82) is 0 Å². The molecule has 1 atom stereocenters. The summed E-state index contributed by atoms with van der Waals surface area (Å²) < 4.78 is 0. The molecule has 2 N–H and O–H groups in total. The monoisotopic (exact) mass is 263 g/mol. The van der Waals surface area contributed by atoms with Crippen LogP contribution in [0.1, 0.15) is 37.5 Å². The fraction of sp³-hybridized carbons (Fsp3) is 0.562. The van der Waals surface area contributed by atoms with Crippen molar-refractivity contribution >= 4 is 5.97 Å². The first-order valence-corrected chi connectivity index (χ1v) is 6.75. The van der Waals surface area contributed by atoms with Crippen molar-refractivity contribution < 1.29 is 9.90 Å². The lowest BCUT2D eigenvalue weighted by Crippen LogP contribution is -2.37. The highest BCUT2D eigenvalue weighted by Crippen LogP contribution is 2.26. The van der Waals surface area contributed by atoms with Crippen molar-refractivity contribution in [2.24, 2.45) is 5.92 Å². The molecule has 0 aliphatic carbocycles. The van der Waals surface area contributed by atoms with Crippen LogP contribution in [0.4, 0.5) is 0 Å². The van der Waals surface area contributed by atoms with E-state index in [0.717, 1.165) is 6.54 Å². The fourth-order valence-corrected chi connectivity index (χ4v) is 2.36. The normalized spacial score (nSPS) is 13.3. The Balaban J connectivity index is 2.67. The summed E-state index contributed by atoms with van der Waals surface area (Å²) in [5.41, 5.74) is 3.87. The summed E-state index contributed by atoms with van der Waals surface area (Å²) in [4.78, 5) is 10.8. The van der Waals surface area contributed by atoms with Gasteiger partial charge >= 0.3 is 5.97 Å². The summed E-state index contributed by atoms with van der Waals surface area (Å²) in [7, 11) is 0. The van der Waals surface area contributed by atoms with Crippen LogP contribution in [0.25, 0.3) is 0 Å². The maximum Gasteiger partial charge on any atom is 0.307 e. The van der Waals surface area contributed by atoms with Crippen molar-refractivity contribution in [1.82, 2.24) is 5.32 Å². The predicted molar refractivity (Wildman–Crippen MR) is 78.6 cm³/mol. The van der Waals surface area contributed by atoms with Crippen LogP contribution in [0, 0.1) is 19.8 Å². The van der Waals surface area contributed by atoms with Crippen molar-refractivity contribution in [3.05, 3.63) is 34.9 Å². The first-order valence-electron chi connectivity index (χ1n) is 6.75. The Morgan fingerprint density at radius 2 is 2.00 bits per heavy atom. The zero-order valence-corrected chi connectivity index (χ0v) is 12.6. The molecule has 0 aliphatic heterocycles. The molecule has 1 aromatic rings. The van der Waals surface area contributed by atoms with Crippen molar-refractivity contribution in [3.63, 3.8) is 0 Å². The molecule has 0 amide bonds. The molecule has 0 aromatic heterocycles. The van der Waals surface area contributed by atoms with Gasteiger partial charge < -0.3 is 10.4 Å². The Morgan fingerprint density at radius 3 is 2.53 bits per heavy atom.